The molecule has 3 rings (SSSR count). The number of hydrogen-bond donors (Lipinski definition) is 1. The summed E-state index contributed by atoms with van der Waals surface area (Å²) in [6, 6.07) is 13.5. The van der Waals surface area contributed by atoms with Crippen molar-refractivity contribution < 1.29 is 18.4 Å². The van der Waals surface area contributed by atoms with Crippen LogP contribution >= 0.6 is 0 Å². The van der Waals surface area contributed by atoms with Crippen LogP contribution in [0.25, 0.3) is 11.3 Å². The van der Waals surface area contributed by atoms with E-state index in [2.05, 4.69) is 10.5 Å². The number of amides is 1. The van der Waals surface area contributed by atoms with Crippen LogP contribution in [0.2, 0.25) is 0 Å². The summed E-state index contributed by atoms with van der Waals surface area (Å²) in [5.74, 6) is 0.255. The van der Waals surface area contributed by atoms with Gasteiger partial charge in [0, 0.05) is 12.1 Å². The average molecular weight is 340 g/mol. The van der Waals surface area contributed by atoms with Crippen LogP contribution in [0.5, 0.6) is 5.75 Å². The minimum atomic E-state index is -0.458. The zero-order chi connectivity index (χ0) is 17.8. The first-order valence-electron chi connectivity index (χ1n) is 7.72. The number of ether oxygens (including phenoxy) is 1. The summed E-state index contributed by atoms with van der Waals surface area (Å²) in [4.78, 5) is 12.6. The summed E-state index contributed by atoms with van der Waals surface area (Å²) in [6.45, 7) is 1.95. The van der Waals surface area contributed by atoms with Gasteiger partial charge in [0.2, 0.25) is 0 Å². The Morgan fingerprint density at radius 1 is 1.20 bits per heavy atom. The Hall–Kier alpha value is -3.15. The highest BCUT2D eigenvalue weighted by atomic mass is 19.1. The van der Waals surface area contributed by atoms with E-state index in [1.165, 1.54) is 6.07 Å². The molecule has 0 aliphatic carbocycles. The smallest absolute Gasteiger partial charge is 0.257 e. The van der Waals surface area contributed by atoms with Gasteiger partial charge in [0.05, 0.1) is 7.11 Å². The molecule has 0 fully saturated rings. The predicted molar refractivity (Wildman–Crippen MR) is 90.8 cm³/mol. The van der Waals surface area contributed by atoms with E-state index in [-0.39, 0.29) is 22.7 Å². The summed E-state index contributed by atoms with van der Waals surface area (Å²) in [6.07, 6.45) is 0. The number of hydrogen-bond acceptors (Lipinski definition) is 4. The van der Waals surface area contributed by atoms with Crippen molar-refractivity contribution >= 4 is 5.91 Å². The first kappa shape index (κ1) is 16.7. The molecule has 1 N–H and O–H groups in total. The van der Waals surface area contributed by atoms with Gasteiger partial charge in [0.15, 0.2) is 0 Å². The number of aryl methyl sites for hydroxylation is 1. The lowest BCUT2D eigenvalue weighted by atomic mass is 10.0. The van der Waals surface area contributed by atoms with E-state index in [1.54, 1.807) is 32.2 Å². The van der Waals surface area contributed by atoms with Crippen LogP contribution < -0.4 is 10.1 Å². The molecule has 0 radical (unpaired) electrons. The normalized spacial score (nSPS) is 10.5. The summed E-state index contributed by atoms with van der Waals surface area (Å²) in [5.41, 5.74) is 1.58. The van der Waals surface area contributed by atoms with Crippen molar-refractivity contribution in [1.29, 1.82) is 0 Å². The number of nitrogens with one attached hydrogen (secondary N) is 1. The van der Waals surface area contributed by atoms with E-state index >= 15 is 0 Å². The molecule has 0 unspecified atom stereocenters. The number of halogens is 1. The molecule has 1 heterocycles. The zero-order valence-electron chi connectivity index (χ0n) is 13.9. The molecule has 128 valence electrons. The number of methoxy groups -OCH3 is 1. The average Bonchev–Trinajstić information content (AvgIpc) is 3.02. The van der Waals surface area contributed by atoms with Gasteiger partial charge in [-0.3, -0.25) is 4.79 Å². The molecule has 0 aliphatic rings. The molecule has 0 spiro atoms. The largest absolute Gasteiger partial charge is 0.497 e. The highest BCUT2D eigenvalue weighted by Gasteiger charge is 2.23. The quantitative estimate of drug-likeness (QED) is 0.769. The lowest BCUT2D eigenvalue weighted by molar-refractivity contribution is 0.0950. The Bertz CT molecular complexity index is 888. The number of benzene rings is 2. The van der Waals surface area contributed by atoms with Gasteiger partial charge in [-0.2, -0.15) is 0 Å². The van der Waals surface area contributed by atoms with Crippen molar-refractivity contribution in [1.82, 2.24) is 10.5 Å². The van der Waals surface area contributed by atoms with Gasteiger partial charge < -0.3 is 14.6 Å². The van der Waals surface area contributed by atoms with Gasteiger partial charge in [-0.05, 0) is 36.8 Å². The fourth-order valence-electron chi connectivity index (χ4n) is 2.49. The number of nitrogens with zero attached hydrogens (tertiary/aromatic N) is 1. The molecule has 1 amide bonds. The third kappa shape index (κ3) is 3.52. The molecular weight excluding hydrogens is 323 g/mol. The number of rotatable bonds is 5. The van der Waals surface area contributed by atoms with E-state index in [0.717, 1.165) is 11.3 Å². The van der Waals surface area contributed by atoms with Gasteiger partial charge in [-0.25, -0.2) is 4.39 Å². The molecule has 0 saturated carbocycles. The Morgan fingerprint density at radius 2 is 1.92 bits per heavy atom. The van der Waals surface area contributed by atoms with Crippen molar-refractivity contribution in [2.24, 2.45) is 0 Å². The monoisotopic (exact) mass is 340 g/mol. The molecule has 25 heavy (non-hydrogen) atoms. The van der Waals surface area contributed by atoms with Gasteiger partial charge in [-0.15, -0.1) is 0 Å². The van der Waals surface area contributed by atoms with Crippen LogP contribution in [-0.4, -0.2) is 18.2 Å². The SMILES string of the molecule is COc1ccc(CNC(=O)c2c(-c3ccccc3F)noc2C)cc1. The topological polar surface area (TPSA) is 64.4 Å². The van der Waals surface area contributed by atoms with Crippen molar-refractivity contribution in [2.45, 2.75) is 13.5 Å². The molecule has 0 aliphatic heterocycles. The second kappa shape index (κ2) is 7.17. The number of carbonyl (C=O) groups excluding carboxylic acids is 1. The van der Waals surface area contributed by atoms with Crippen LogP contribution in [0.1, 0.15) is 21.7 Å². The predicted octanol–water partition coefficient (Wildman–Crippen LogP) is 3.73. The van der Waals surface area contributed by atoms with Crippen LogP contribution in [-0.2, 0) is 6.54 Å². The molecule has 3 aromatic rings. The Morgan fingerprint density at radius 3 is 2.60 bits per heavy atom. The fraction of sp³-hybridized carbons (Fsp3) is 0.158. The number of carbonyl (C=O) groups is 1. The molecule has 6 heteroatoms. The molecular formula is C19H17FN2O3. The van der Waals surface area contributed by atoms with Crippen LogP contribution in [0.4, 0.5) is 4.39 Å². The first-order valence-corrected chi connectivity index (χ1v) is 7.72. The highest BCUT2D eigenvalue weighted by Crippen LogP contribution is 2.27. The van der Waals surface area contributed by atoms with Gasteiger partial charge in [-0.1, -0.05) is 29.4 Å². The Labute approximate surface area is 144 Å². The minimum absolute atomic E-state index is 0.197. The van der Waals surface area contributed by atoms with Crippen molar-refractivity contribution in [3.63, 3.8) is 0 Å². The van der Waals surface area contributed by atoms with E-state index < -0.39 is 5.82 Å². The molecule has 2 aromatic carbocycles. The Balaban J connectivity index is 1.80. The van der Waals surface area contributed by atoms with Crippen molar-refractivity contribution in [3.05, 3.63) is 71.2 Å². The second-order valence-electron chi connectivity index (χ2n) is 5.47. The molecule has 0 atom stereocenters. The van der Waals surface area contributed by atoms with E-state index in [1.807, 2.05) is 24.3 Å². The molecule has 1 aromatic heterocycles. The van der Waals surface area contributed by atoms with Gasteiger partial charge in [0.25, 0.3) is 5.91 Å². The lowest BCUT2D eigenvalue weighted by Gasteiger charge is -2.07. The molecule has 5 nitrogen and oxygen atoms in total. The summed E-state index contributed by atoms with van der Waals surface area (Å²) in [5, 5.41) is 6.66. The zero-order valence-corrected chi connectivity index (χ0v) is 13.9. The minimum Gasteiger partial charge on any atom is -0.497 e. The van der Waals surface area contributed by atoms with Crippen molar-refractivity contribution in [2.75, 3.05) is 7.11 Å². The molecule has 0 saturated heterocycles. The maximum atomic E-state index is 14.0. The summed E-state index contributed by atoms with van der Waals surface area (Å²) in [7, 11) is 1.59. The highest BCUT2D eigenvalue weighted by molar-refractivity contribution is 6.00. The number of aromatic nitrogens is 1. The summed E-state index contributed by atoms with van der Waals surface area (Å²) >= 11 is 0. The third-order valence-corrected chi connectivity index (χ3v) is 3.83. The standard InChI is InChI=1S/C19H17FN2O3/c1-12-17(18(22-25-12)15-5-3-4-6-16(15)20)19(23)21-11-13-7-9-14(24-2)10-8-13/h3-10H,11H2,1-2H3,(H,21,23). The molecule has 0 bridgehead atoms. The van der Waals surface area contributed by atoms with E-state index in [9.17, 15) is 9.18 Å². The Kier molecular flexibility index (Phi) is 4.79. The van der Waals surface area contributed by atoms with E-state index in [0.29, 0.717) is 12.3 Å². The third-order valence-electron chi connectivity index (χ3n) is 3.83. The maximum absolute atomic E-state index is 14.0. The first-order chi connectivity index (χ1) is 12.1. The van der Waals surface area contributed by atoms with Crippen LogP contribution in [0.15, 0.2) is 53.1 Å². The van der Waals surface area contributed by atoms with Crippen LogP contribution in [0, 0.1) is 12.7 Å². The second-order valence-corrected chi connectivity index (χ2v) is 5.47. The van der Waals surface area contributed by atoms with Crippen molar-refractivity contribution in [3.8, 4) is 17.0 Å². The van der Waals surface area contributed by atoms with Crippen LogP contribution in [0.3, 0.4) is 0 Å². The summed E-state index contributed by atoms with van der Waals surface area (Å²) < 4.78 is 24.2. The maximum Gasteiger partial charge on any atom is 0.257 e. The van der Waals surface area contributed by atoms with Gasteiger partial charge >= 0.3 is 0 Å². The fourth-order valence-corrected chi connectivity index (χ4v) is 2.49. The van der Waals surface area contributed by atoms with E-state index in [4.69, 9.17) is 9.26 Å². The lowest BCUT2D eigenvalue weighted by Crippen LogP contribution is -2.23. The van der Waals surface area contributed by atoms with Gasteiger partial charge in [0.1, 0.15) is 28.6 Å².